The number of hydrogen-bond donors (Lipinski definition) is 1. The Bertz CT molecular complexity index is 1330. The molecule has 0 unspecified atom stereocenters. The Morgan fingerprint density at radius 3 is 2.14 bits per heavy atom. The molecule has 0 spiro atoms. The lowest BCUT2D eigenvalue weighted by Crippen LogP contribution is -2.12. The van der Waals surface area contributed by atoms with Gasteiger partial charge < -0.3 is 24.3 Å². The number of methoxy groups -OCH3 is 3. The van der Waals surface area contributed by atoms with E-state index in [0.29, 0.717) is 45.9 Å². The first-order valence-corrected chi connectivity index (χ1v) is 10.7. The molecule has 10 heteroatoms. The van der Waals surface area contributed by atoms with Gasteiger partial charge in [0.25, 0.3) is 5.91 Å². The van der Waals surface area contributed by atoms with Gasteiger partial charge >= 0.3 is 0 Å². The standard InChI is InChI=1S/C25H25N5O5/c1-15-10-16(2)30(29-15)22-13-23(27-14-26-22)35-19-8-6-18(7-9-19)28-25(31)17-11-20(32-3)24(34-5)21(12-17)33-4/h6-14H,1-5H3,(H,28,31). The van der Waals surface area contributed by atoms with Gasteiger partial charge in [0.15, 0.2) is 17.3 Å². The fraction of sp³-hybridized carbons (Fsp3) is 0.200. The lowest BCUT2D eigenvalue weighted by Gasteiger charge is -2.14. The van der Waals surface area contributed by atoms with Gasteiger partial charge in [-0.05, 0) is 56.3 Å². The molecule has 0 aliphatic rings. The van der Waals surface area contributed by atoms with Gasteiger partial charge in [0.05, 0.1) is 27.0 Å². The second kappa shape index (κ2) is 10.1. The fourth-order valence-electron chi connectivity index (χ4n) is 3.50. The number of hydrogen-bond acceptors (Lipinski definition) is 8. The van der Waals surface area contributed by atoms with Crippen LogP contribution in [-0.2, 0) is 0 Å². The van der Waals surface area contributed by atoms with E-state index in [1.807, 2.05) is 19.9 Å². The van der Waals surface area contributed by atoms with Crippen molar-refractivity contribution in [3.8, 4) is 34.7 Å². The number of ether oxygens (including phenoxy) is 4. The third-order valence-electron chi connectivity index (χ3n) is 5.12. The minimum atomic E-state index is -0.330. The summed E-state index contributed by atoms with van der Waals surface area (Å²) in [5.74, 6) is 2.40. The van der Waals surface area contributed by atoms with E-state index in [4.69, 9.17) is 18.9 Å². The molecular formula is C25H25N5O5. The Morgan fingerprint density at radius 2 is 1.57 bits per heavy atom. The summed E-state index contributed by atoms with van der Waals surface area (Å²) in [4.78, 5) is 21.3. The van der Waals surface area contributed by atoms with Gasteiger partial charge in [0, 0.05) is 23.0 Å². The Balaban J connectivity index is 1.47. The molecule has 35 heavy (non-hydrogen) atoms. The maximum Gasteiger partial charge on any atom is 0.255 e. The van der Waals surface area contributed by atoms with Crippen molar-refractivity contribution in [2.45, 2.75) is 13.8 Å². The first-order valence-electron chi connectivity index (χ1n) is 10.7. The van der Waals surface area contributed by atoms with Gasteiger partial charge in [-0.1, -0.05) is 0 Å². The average molecular weight is 476 g/mol. The second-order valence-corrected chi connectivity index (χ2v) is 7.55. The van der Waals surface area contributed by atoms with Crippen LogP contribution in [0.4, 0.5) is 5.69 Å². The number of carbonyl (C=O) groups is 1. The normalized spacial score (nSPS) is 10.5. The van der Waals surface area contributed by atoms with E-state index in [1.54, 1.807) is 47.1 Å². The summed E-state index contributed by atoms with van der Waals surface area (Å²) in [6, 6.07) is 13.8. The quantitative estimate of drug-likeness (QED) is 0.401. The molecule has 2 aromatic heterocycles. The second-order valence-electron chi connectivity index (χ2n) is 7.55. The van der Waals surface area contributed by atoms with Crippen molar-refractivity contribution in [2.75, 3.05) is 26.6 Å². The van der Waals surface area contributed by atoms with E-state index in [1.165, 1.54) is 27.7 Å². The number of nitrogens with zero attached hydrogens (tertiary/aromatic N) is 4. The Labute approximate surface area is 202 Å². The number of aryl methyl sites for hydroxylation is 2. The third kappa shape index (κ3) is 5.16. The van der Waals surface area contributed by atoms with Crippen LogP contribution in [0, 0.1) is 13.8 Å². The Morgan fingerprint density at radius 1 is 0.886 bits per heavy atom. The van der Waals surface area contributed by atoms with Crippen molar-refractivity contribution in [1.82, 2.24) is 19.7 Å². The summed E-state index contributed by atoms with van der Waals surface area (Å²) < 4.78 is 23.5. The summed E-state index contributed by atoms with van der Waals surface area (Å²) in [6.45, 7) is 3.87. The number of anilines is 1. The highest BCUT2D eigenvalue weighted by Gasteiger charge is 2.17. The van der Waals surface area contributed by atoms with Gasteiger partial charge in [0.1, 0.15) is 12.1 Å². The maximum atomic E-state index is 12.8. The van der Waals surface area contributed by atoms with Crippen molar-refractivity contribution < 1.29 is 23.7 Å². The van der Waals surface area contributed by atoms with Crippen LogP contribution >= 0.6 is 0 Å². The van der Waals surface area contributed by atoms with Crippen LogP contribution in [0.25, 0.3) is 5.82 Å². The Kier molecular flexibility index (Phi) is 6.81. The molecule has 1 amide bonds. The minimum absolute atomic E-state index is 0.330. The highest BCUT2D eigenvalue weighted by molar-refractivity contribution is 6.05. The first-order chi connectivity index (χ1) is 16.9. The zero-order valence-electron chi connectivity index (χ0n) is 20.0. The monoisotopic (exact) mass is 475 g/mol. The molecule has 2 heterocycles. The molecule has 0 radical (unpaired) electrons. The predicted octanol–water partition coefficient (Wildman–Crippen LogP) is 4.35. The van der Waals surface area contributed by atoms with E-state index < -0.39 is 0 Å². The van der Waals surface area contributed by atoms with E-state index in [9.17, 15) is 4.79 Å². The van der Waals surface area contributed by atoms with Crippen LogP contribution < -0.4 is 24.3 Å². The molecular weight excluding hydrogens is 450 g/mol. The largest absolute Gasteiger partial charge is 0.493 e. The number of carbonyl (C=O) groups excluding carboxylic acids is 1. The number of rotatable bonds is 8. The van der Waals surface area contributed by atoms with Gasteiger partial charge in [-0.2, -0.15) is 5.10 Å². The summed E-state index contributed by atoms with van der Waals surface area (Å²) >= 11 is 0. The van der Waals surface area contributed by atoms with E-state index in [0.717, 1.165) is 11.4 Å². The van der Waals surface area contributed by atoms with Crippen molar-refractivity contribution in [1.29, 1.82) is 0 Å². The lowest BCUT2D eigenvalue weighted by molar-refractivity contribution is 0.102. The molecule has 0 saturated carbocycles. The average Bonchev–Trinajstić information content (AvgIpc) is 3.22. The number of benzene rings is 2. The van der Waals surface area contributed by atoms with Gasteiger partial charge in [-0.3, -0.25) is 4.79 Å². The highest BCUT2D eigenvalue weighted by atomic mass is 16.5. The van der Waals surface area contributed by atoms with Crippen LogP contribution in [0.2, 0.25) is 0 Å². The summed E-state index contributed by atoms with van der Waals surface area (Å²) in [5.41, 5.74) is 2.80. The van der Waals surface area contributed by atoms with Crippen LogP contribution in [0.1, 0.15) is 21.7 Å². The molecule has 0 aliphatic carbocycles. The van der Waals surface area contributed by atoms with Crippen molar-refractivity contribution in [3.63, 3.8) is 0 Å². The van der Waals surface area contributed by atoms with E-state index in [-0.39, 0.29) is 5.91 Å². The van der Waals surface area contributed by atoms with Gasteiger partial charge in [-0.15, -0.1) is 0 Å². The van der Waals surface area contributed by atoms with E-state index >= 15 is 0 Å². The maximum absolute atomic E-state index is 12.8. The van der Waals surface area contributed by atoms with Crippen molar-refractivity contribution in [2.24, 2.45) is 0 Å². The molecule has 0 saturated heterocycles. The molecule has 1 N–H and O–H groups in total. The summed E-state index contributed by atoms with van der Waals surface area (Å²) in [7, 11) is 4.50. The number of nitrogens with one attached hydrogen (secondary N) is 1. The number of amides is 1. The first kappa shape index (κ1) is 23.6. The molecule has 10 nitrogen and oxygen atoms in total. The van der Waals surface area contributed by atoms with E-state index in [2.05, 4.69) is 20.4 Å². The van der Waals surface area contributed by atoms with Crippen LogP contribution in [0.15, 0.2) is 54.9 Å². The molecule has 2 aromatic carbocycles. The summed E-state index contributed by atoms with van der Waals surface area (Å²) in [5, 5.41) is 7.28. The molecule has 0 aliphatic heterocycles. The minimum Gasteiger partial charge on any atom is -0.493 e. The Hall–Kier alpha value is -4.60. The molecule has 180 valence electrons. The third-order valence-corrected chi connectivity index (χ3v) is 5.12. The molecule has 0 bridgehead atoms. The fourth-order valence-corrected chi connectivity index (χ4v) is 3.50. The lowest BCUT2D eigenvalue weighted by atomic mass is 10.1. The zero-order valence-corrected chi connectivity index (χ0v) is 20.0. The van der Waals surface area contributed by atoms with Crippen LogP contribution in [0.3, 0.4) is 0 Å². The number of aromatic nitrogens is 4. The molecule has 4 aromatic rings. The molecule has 0 atom stereocenters. The summed E-state index contributed by atoms with van der Waals surface area (Å²) in [6.07, 6.45) is 1.42. The topological polar surface area (TPSA) is 110 Å². The zero-order chi connectivity index (χ0) is 24.9. The van der Waals surface area contributed by atoms with Gasteiger partial charge in [-0.25, -0.2) is 14.6 Å². The van der Waals surface area contributed by atoms with Crippen LogP contribution in [0.5, 0.6) is 28.9 Å². The predicted molar refractivity (Wildman–Crippen MR) is 129 cm³/mol. The van der Waals surface area contributed by atoms with Crippen molar-refractivity contribution in [3.05, 3.63) is 71.8 Å². The van der Waals surface area contributed by atoms with Gasteiger partial charge in [0.2, 0.25) is 11.6 Å². The van der Waals surface area contributed by atoms with Crippen LogP contribution in [-0.4, -0.2) is 47.0 Å². The highest BCUT2D eigenvalue weighted by Crippen LogP contribution is 2.38. The van der Waals surface area contributed by atoms with Crippen molar-refractivity contribution >= 4 is 11.6 Å². The molecule has 4 rings (SSSR count). The SMILES string of the molecule is COc1cc(C(=O)Nc2ccc(Oc3cc(-n4nc(C)cc4C)ncn3)cc2)cc(OC)c1OC. The molecule has 0 fully saturated rings. The smallest absolute Gasteiger partial charge is 0.255 e.